The van der Waals surface area contributed by atoms with Gasteiger partial charge in [0.1, 0.15) is 12.1 Å². The first-order valence-corrected chi connectivity index (χ1v) is 5.58. The van der Waals surface area contributed by atoms with Crippen LogP contribution >= 0.6 is 0 Å². The van der Waals surface area contributed by atoms with Gasteiger partial charge in [0.25, 0.3) is 0 Å². The second-order valence-corrected chi connectivity index (χ2v) is 4.02. The zero-order chi connectivity index (χ0) is 12.8. The molecule has 2 atom stereocenters. The van der Waals surface area contributed by atoms with Crippen LogP contribution in [0.2, 0.25) is 0 Å². The van der Waals surface area contributed by atoms with Crippen LogP contribution in [0.15, 0.2) is 0 Å². The Labute approximate surface area is 98.9 Å². The Morgan fingerprint density at radius 1 is 1.47 bits per heavy atom. The molecule has 0 bridgehead atoms. The van der Waals surface area contributed by atoms with Crippen LogP contribution in [0.25, 0.3) is 0 Å². The molecule has 0 radical (unpaired) electrons. The highest BCUT2D eigenvalue weighted by Crippen LogP contribution is 2.05. The molecule has 17 heavy (non-hydrogen) atoms. The molecule has 4 N–H and O–H groups in total. The Kier molecular flexibility index (Phi) is 4.74. The molecule has 0 aromatic carbocycles. The van der Waals surface area contributed by atoms with Gasteiger partial charge >= 0.3 is 6.09 Å². The smallest absolute Gasteiger partial charge is 0.405 e. The van der Waals surface area contributed by atoms with Gasteiger partial charge in [-0.2, -0.15) is 0 Å². The van der Waals surface area contributed by atoms with Crippen LogP contribution in [-0.2, 0) is 9.59 Å². The Morgan fingerprint density at radius 2 is 2.18 bits per heavy atom. The van der Waals surface area contributed by atoms with E-state index in [9.17, 15) is 14.4 Å². The van der Waals surface area contributed by atoms with Crippen LogP contribution in [0, 0.1) is 0 Å². The fraction of sp³-hybridized carbons (Fsp3) is 0.700. The molecule has 96 valence electrons. The van der Waals surface area contributed by atoms with Crippen LogP contribution in [0.3, 0.4) is 0 Å². The van der Waals surface area contributed by atoms with Crippen molar-refractivity contribution in [2.24, 2.45) is 0 Å². The van der Waals surface area contributed by atoms with Crippen molar-refractivity contribution in [1.29, 1.82) is 0 Å². The first-order chi connectivity index (χ1) is 8.00. The Morgan fingerprint density at radius 3 is 2.82 bits per heavy atom. The number of carbonyl (C=O) groups is 3. The van der Waals surface area contributed by atoms with Gasteiger partial charge in [-0.1, -0.05) is 0 Å². The molecule has 0 spiro atoms. The third-order valence-electron chi connectivity index (χ3n) is 2.59. The number of hydrogen-bond acceptors (Lipinski definition) is 3. The minimum atomic E-state index is -1.27. The molecule has 0 saturated carbocycles. The lowest BCUT2D eigenvalue weighted by Gasteiger charge is -2.18. The molecule has 0 aromatic heterocycles. The van der Waals surface area contributed by atoms with E-state index in [4.69, 9.17) is 5.11 Å². The zero-order valence-corrected chi connectivity index (χ0v) is 9.66. The SMILES string of the molecule is CC(NC(=O)O)C(=O)NC1CCCCNC1=O. The normalized spacial score (nSPS) is 21.9. The maximum atomic E-state index is 11.6. The monoisotopic (exact) mass is 243 g/mol. The van der Waals surface area contributed by atoms with Crippen molar-refractivity contribution in [2.45, 2.75) is 38.3 Å². The summed E-state index contributed by atoms with van der Waals surface area (Å²) in [5.41, 5.74) is 0. The van der Waals surface area contributed by atoms with E-state index >= 15 is 0 Å². The van der Waals surface area contributed by atoms with Crippen LogP contribution in [0.5, 0.6) is 0 Å². The van der Waals surface area contributed by atoms with E-state index in [2.05, 4.69) is 10.6 Å². The second kappa shape index (κ2) is 6.07. The molecule has 7 heteroatoms. The minimum Gasteiger partial charge on any atom is -0.465 e. The largest absolute Gasteiger partial charge is 0.465 e. The predicted octanol–water partition coefficient (Wildman–Crippen LogP) is -0.573. The molecule has 0 aromatic rings. The van der Waals surface area contributed by atoms with Gasteiger partial charge in [0.05, 0.1) is 0 Å². The summed E-state index contributed by atoms with van der Waals surface area (Å²) in [7, 11) is 0. The molecular formula is C10H17N3O4. The molecule has 1 aliphatic rings. The van der Waals surface area contributed by atoms with Crippen molar-refractivity contribution < 1.29 is 19.5 Å². The van der Waals surface area contributed by atoms with Gasteiger partial charge in [-0.05, 0) is 26.2 Å². The fourth-order valence-electron chi connectivity index (χ4n) is 1.62. The summed E-state index contributed by atoms with van der Waals surface area (Å²) in [6.07, 6.45) is 1.06. The molecule has 1 heterocycles. The highest BCUT2D eigenvalue weighted by Gasteiger charge is 2.24. The molecule has 0 aliphatic carbocycles. The summed E-state index contributed by atoms with van der Waals surface area (Å²) in [6, 6.07) is -1.44. The number of carboxylic acid groups (broad SMARTS) is 1. The topological polar surface area (TPSA) is 108 Å². The van der Waals surface area contributed by atoms with Gasteiger partial charge in [-0.15, -0.1) is 0 Å². The van der Waals surface area contributed by atoms with Crippen LogP contribution in [0.4, 0.5) is 4.79 Å². The molecular weight excluding hydrogens is 226 g/mol. The average molecular weight is 243 g/mol. The van der Waals surface area contributed by atoms with Crippen molar-refractivity contribution in [3.63, 3.8) is 0 Å². The summed E-state index contributed by atoms with van der Waals surface area (Å²) in [5, 5.41) is 15.7. The van der Waals surface area contributed by atoms with Crippen LogP contribution in [0.1, 0.15) is 26.2 Å². The zero-order valence-electron chi connectivity index (χ0n) is 9.66. The van der Waals surface area contributed by atoms with E-state index in [0.717, 1.165) is 12.8 Å². The maximum Gasteiger partial charge on any atom is 0.405 e. The van der Waals surface area contributed by atoms with Gasteiger partial charge in [0.15, 0.2) is 0 Å². The molecule has 1 rings (SSSR count). The quantitative estimate of drug-likeness (QED) is 0.532. The fourth-order valence-corrected chi connectivity index (χ4v) is 1.62. The number of hydrogen-bond donors (Lipinski definition) is 4. The lowest BCUT2D eigenvalue weighted by Crippen LogP contribution is -2.52. The minimum absolute atomic E-state index is 0.210. The third kappa shape index (κ3) is 4.29. The lowest BCUT2D eigenvalue weighted by molar-refractivity contribution is -0.129. The van der Waals surface area contributed by atoms with E-state index < -0.39 is 24.1 Å². The average Bonchev–Trinajstić information content (AvgIpc) is 2.43. The number of nitrogens with one attached hydrogen (secondary N) is 3. The second-order valence-electron chi connectivity index (χ2n) is 4.02. The number of amides is 3. The van der Waals surface area contributed by atoms with E-state index in [1.54, 1.807) is 0 Å². The molecule has 2 unspecified atom stereocenters. The maximum absolute atomic E-state index is 11.6. The molecule has 3 amide bonds. The Balaban J connectivity index is 2.48. The summed E-state index contributed by atoms with van der Waals surface area (Å²) in [4.78, 5) is 33.5. The predicted molar refractivity (Wildman–Crippen MR) is 59.4 cm³/mol. The van der Waals surface area contributed by atoms with Gasteiger partial charge in [-0.25, -0.2) is 4.79 Å². The lowest BCUT2D eigenvalue weighted by atomic mass is 10.1. The van der Waals surface area contributed by atoms with Crippen molar-refractivity contribution in [2.75, 3.05) is 6.54 Å². The van der Waals surface area contributed by atoms with E-state index in [0.29, 0.717) is 13.0 Å². The van der Waals surface area contributed by atoms with E-state index in [1.165, 1.54) is 6.92 Å². The van der Waals surface area contributed by atoms with Crippen molar-refractivity contribution in [3.8, 4) is 0 Å². The van der Waals surface area contributed by atoms with Crippen molar-refractivity contribution in [3.05, 3.63) is 0 Å². The highest BCUT2D eigenvalue weighted by molar-refractivity contribution is 5.90. The van der Waals surface area contributed by atoms with E-state index in [-0.39, 0.29) is 5.91 Å². The van der Waals surface area contributed by atoms with Gasteiger partial charge in [0.2, 0.25) is 11.8 Å². The van der Waals surface area contributed by atoms with E-state index in [1.807, 2.05) is 5.32 Å². The third-order valence-corrected chi connectivity index (χ3v) is 2.59. The summed E-state index contributed by atoms with van der Waals surface area (Å²) in [5.74, 6) is -0.701. The molecule has 1 aliphatic heterocycles. The van der Waals surface area contributed by atoms with Crippen LogP contribution in [-0.4, -0.2) is 41.6 Å². The molecule has 1 fully saturated rings. The Hall–Kier alpha value is -1.79. The molecule has 1 saturated heterocycles. The Bertz CT molecular complexity index is 319. The first-order valence-electron chi connectivity index (χ1n) is 5.58. The summed E-state index contributed by atoms with van der Waals surface area (Å²) >= 11 is 0. The molecule has 7 nitrogen and oxygen atoms in total. The summed E-state index contributed by atoms with van der Waals surface area (Å²) < 4.78 is 0. The van der Waals surface area contributed by atoms with Gasteiger partial charge in [0, 0.05) is 6.54 Å². The van der Waals surface area contributed by atoms with Crippen LogP contribution < -0.4 is 16.0 Å². The number of carbonyl (C=O) groups excluding carboxylic acids is 2. The van der Waals surface area contributed by atoms with Gasteiger partial charge in [-0.3, -0.25) is 9.59 Å². The number of rotatable bonds is 3. The van der Waals surface area contributed by atoms with Crippen molar-refractivity contribution in [1.82, 2.24) is 16.0 Å². The summed E-state index contributed by atoms with van der Waals surface area (Å²) in [6.45, 7) is 2.05. The van der Waals surface area contributed by atoms with Crippen molar-refractivity contribution >= 4 is 17.9 Å². The standard InChI is InChI=1S/C10H17N3O4/c1-6(12-10(16)17)8(14)13-7-4-2-3-5-11-9(7)15/h6-7,12H,2-5H2,1H3,(H,11,15)(H,13,14)(H,16,17). The highest BCUT2D eigenvalue weighted by atomic mass is 16.4. The van der Waals surface area contributed by atoms with Gasteiger partial charge < -0.3 is 21.1 Å². The first kappa shape index (κ1) is 13.3.